The Bertz CT molecular complexity index is 1400. The number of ketones is 1. The molecule has 35 heavy (non-hydrogen) atoms. The monoisotopic (exact) mass is 491 g/mol. The number of aryl methyl sites for hydroxylation is 1. The average Bonchev–Trinajstić information content (AvgIpc) is 3.09. The van der Waals surface area contributed by atoms with E-state index in [4.69, 9.17) is 11.6 Å². The summed E-state index contributed by atoms with van der Waals surface area (Å²) >= 11 is 6.21. The van der Waals surface area contributed by atoms with Crippen LogP contribution in [0.1, 0.15) is 53.9 Å². The van der Waals surface area contributed by atoms with Crippen molar-refractivity contribution in [3.63, 3.8) is 0 Å². The predicted molar refractivity (Wildman–Crippen MR) is 126 cm³/mol. The number of benzene rings is 3. The summed E-state index contributed by atoms with van der Waals surface area (Å²) in [6.45, 7) is 3.21. The van der Waals surface area contributed by atoms with Crippen LogP contribution in [0.15, 0.2) is 66.7 Å². The molecule has 1 heterocycles. The zero-order chi connectivity index (χ0) is 25.4. The number of carbonyl (C=O) groups excluding carboxylic acids is 4. The maximum atomic E-state index is 13.7. The number of nitrogens with zero attached hydrogens (tertiary/aromatic N) is 3. The Balaban J connectivity index is 1.85. The molecule has 1 aliphatic rings. The summed E-state index contributed by atoms with van der Waals surface area (Å²) in [5.41, 5.74) is -0.158. The highest BCUT2D eigenvalue weighted by Gasteiger charge is 2.48. The number of fused-ring (bicyclic) bond motifs is 1. The molecule has 0 fully saturated rings. The molecule has 0 unspecified atom stereocenters. The molecule has 1 atom stereocenters. The van der Waals surface area contributed by atoms with Gasteiger partial charge in [-0.1, -0.05) is 59.6 Å². The molecule has 3 aromatic rings. The van der Waals surface area contributed by atoms with Crippen molar-refractivity contribution in [3.05, 3.63) is 110 Å². The van der Waals surface area contributed by atoms with Crippen molar-refractivity contribution in [1.29, 1.82) is 0 Å². The van der Waals surface area contributed by atoms with Crippen LogP contribution in [0.25, 0.3) is 0 Å². The van der Waals surface area contributed by atoms with Gasteiger partial charge in [0, 0.05) is 11.6 Å². The van der Waals surface area contributed by atoms with E-state index in [1.165, 1.54) is 37.3 Å². The number of amides is 3. The normalized spacial score (nSPS) is 13.4. The van der Waals surface area contributed by atoms with Crippen LogP contribution in [0.2, 0.25) is 5.02 Å². The molecule has 0 saturated heterocycles. The molecule has 0 aromatic heterocycles. The van der Waals surface area contributed by atoms with Gasteiger partial charge in [-0.2, -0.15) is 5.01 Å². The molecule has 0 bridgehead atoms. The number of rotatable bonds is 6. The Morgan fingerprint density at radius 2 is 1.63 bits per heavy atom. The zero-order valence-electron chi connectivity index (χ0n) is 18.6. The van der Waals surface area contributed by atoms with Crippen molar-refractivity contribution in [2.75, 3.05) is 0 Å². The number of halogens is 1. The third-order valence-corrected chi connectivity index (χ3v) is 6.01. The third kappa shape index (κ3) is 4.06. The van der Waals surface area contributed by atoms with Gasteiger partial charge in [-0.3, -0.25) is 29.3 Å². The van der Waals surface area contributed by atoms with Gasteiger partial charge in [-0.05, 0) is 32.0 Å². The number of hydrogen-bond donors (Lipinski definition) is 0. The number of nitro benzene ring substituents is 1. The number of carbonyl (C=O) groups is 4. The lowest BCUT2D eigenvalue weighted by Crippen LogP contribution is -2.56. The number of nitro groups is 1. The maximum Gasteiger partial charge on any atom is 0.287 e. The highest BCUT2D eigenvalue weighted by Crippen LogP contribution is 2.33. The van der Waals surface area contributed by atoms with Gasteiger partial charge in [0.2, 0.25) is 0 Å². The largest absolute Gasteiger partial charge is 0.292 e. The first kappa shape index (κ1) is 23.8. The van der Waals surface area contributed by atoms with Crippen molar-refractivity contribution in [2.24, 2.45) is 0 Å². The summed E-state index contributed by atoms with van der Waals surface area (Å²) < 4.78 is 0. The molecule has 0 N–H and O–H groups in total. The molecule has 0 radical (unpaired) electrons. The average molecular weight is 492 g/mol. The summed E-state index contributed by atoms with van der Waals surface area (Å²) in [7, 11) is 0. The van der Waals surface area contributed by atoms with Crippen LogP contribution in [-0.2, 0) is 0 Å². The molecule has 1 aliphatic heterocycles. The second-order valence-electron chi connectivity index (χ2n) is 7.91. The zero-order valence-corrected chi connectivity index (χ0v) is 19.4. The Hall–Kier alpha value is -4.37. The van der Waals surface area contributed by atoms with Crippen LogP contribution in [0, 0.1) is 17.0 Å². The van der Waals surface area contributed by atoms with E-state index in [1.807, 2.05) is 6.92 Å². The summed E-state index contributed by atoms with van der Waals surface area (Å²) in [6, 6.07) is 14.8. The fraction of sp³-hybridized carbons (Fsp3) is 0.120. The fourth-order valence-corrected chi connectivity index (χ4v) is 4.09. The SMILES string of the molecule is Cc1ccc(C(=O)[C@H](C)N(C(=O)c2ccccc2Cl)N2C(=O)c3cccc([N+](=O)[O-])c3C2=O)cc1. The molecular formula is C25H18ClN3O6. The summed E-state index contributed by atoms with van der Waals surface area (Å²) in [5, 5.41) is 12.8. The molecule has 10 heteroatoms. The number of hydrazine groups is 1. The fourth-order valence-electron chi connectivity index (χ4n) is 3.87. The first-order valence-electron chi connectivity index (χ1n) is 10.5. The standard InChI is InChI=1S/C25H18ClN3O6/c1-14-10-12-16(13-11-14)22(30)15(2)27(23(31)17-6-3-4-8-19(17)26)28-24(32)18-7-5-9-20(29(34)35)21(18)25(28)33/h3-13,15H,1-2H3/t15-/m0/s1. The van der Waals surface area contributed by atoms with E-state index in [2.05, 4.69) is 0 Å². The first-order chi connectivity index (χ1) is 16.6. The highest BCUT2D eigenvalue weighted by atomic mass is 35.5. The van der Waals surface area contributed by atoms with Gasteiger partial charge in [0.25, 0.3) is 23.4 Å². The van der Waals surface area contributed by atoms with Gasteiger partial charge in [0.15, 0.2) is 5.78 Å². The van der Waals surface area contributed by atoms with E-state index < -0.39 is 45.7 Å². The topological polar surface area (TPSA) is 118 Å². The van der Waals surface area contributed by atoms with Crippen LogP contribution >= 0.6 is 11.6 Å². The summed E-state index contributed by atoms with van der Waals surface area (Å²) in [5.74, 6) is -3.48. The third-order valence-electron chi connectivity index (χ3n) is 5.68. The minimum atomic E-state index is -1.33. The van der Waals surface area contributed by atoms with Crippen molar-refractivity contribution < 1.29 is 24.1 Å². The van der Waals surface area contributed by atoms with E-state index in [0.29, 0.717) is 5.01 Å². The van der Waals surface area contributed by atoms with E-state index in [0.717, 1.165) is 16.6 Å². The lowest BCUT2D eigenvalue weighted by atomic mass is 10.0. The predicted octanol–water partition coefficient (Wildman–Crippen LogP) is 4.48. The Morgan fingerprint density at radius 3 is 2.26 bits per heavy atom. The first-order valence-corrected chi connectivity index (χ1v) is 10.9. The van der Waals surface area contributed by atoms with E-state index in [1.54, 1.807) is 30.3 Å². The number of hydrogen-bond acceptors (Lipinski definition) is 6. The lowest BCUT2D eigenvalue weighted by Gasteiger charge is -2.34. The van der Waals surface area contributed by atoms with Gasteiger partial charge in [-0.15, -0.1) is 0 Å². The Morgan fingerprint density at radius 1 is 0.971 bits per heavy atom. The van der Waals surface area contributed by atoms with Crippen LogP contribution in [0.3, 0.4) is 0 Å². The molecule has 3 aromatic carbocycles. The smallest absolute Gasteiger partial charge is 0.287 e. The quantitative estimate of drug-likeness (QED) is 0.217. The molecule has 176 valence electrons. The second-order valence-corrected chi connectivity index (χ2v) is 8.32. The van der Waals surface area contributed by atoms with Gasteiger partial charge in [0.05, 0.1) is 21.1 Å². The second kappa shape index (κ2) is 9.11. The van der Waals surface area contributed by atoms with Crippen molar-refractivity contribution in [3.8, 4) is 0 Å². The van der Waals surface area contributed by atoms with Crippen LogP contribution in [-0.4, -0.2) is 44.5 Å². The summed E-state index contributed by atoms with van der Waals surface area (Å²) in [4.78, 5) is 64.4. The highest BCUT2D eigenvalue weighted by molar-refractivity contribution is 6.34. The minimum Gasteiger partial charge on any atom is -0.292 e. The molecular weight excluding hydrogens is 474 g/mol. The van der Waals surface area contributed by atoms with E-state index in [-0.39, 0.29) is 21.7 Å². The van der Waals surface area contributed by atoms with Crippen molar-refractivity contribution in [2.45, 2.75) is 19.9 Å². The van der Waals surface area contributed by atoms with Crippen LogP contribution < -0.4 is 0 Å². The van der Waals surface area contributed by atoms with E-state index >= 15 is 0 Å². The molecule has 0 spiro atoms. The lowest BCUT2D eigenvalue weighted by molar-refractivity contribution is -0.385. The van der Waals surface area contributed by atoms with Gasteiger partial charge < -0.3 is 0 Å². The maximum absolute atomic E-state index is 13.7. The van der Waals surface area contributed by atoms with Gasteiger partial charge in [0.1, 0.15) is 11.6 Å². The van der Waals surface area contributed by atoms with E-state index in [9.17, 15) is 29.3 Å². The number of imide groups is 1. The minimum absolute atomic E-state index is 0.0417. The van der Waals surface area contributed by atoms with Gasteiger partial charge >= 0.3 is 0 Å². The molecule has 0 aliphatic carbocycles. The molecule has 3 amide bonds. The van der Waals surface area contributed by atoms with Crippen molar-refractivity contribution in [1.82, 2.24) is 10.0 Å². The van der Waals surface area contributed by atoms with Gasteiger partial charge in [-0.25, -0.2) is 5.01 Å². The van der Waals surface area contributed by atoms with Crippen LogP contribution in [0.4, 0.5) is 5.69 Å². The Kier molecular flexibility index (Phi) is 6.19. The molecule has 9 nitrogen and oxygen atoms in total. The summed E-state index contributed by atoms with van der Waals surface area (Å²) in [6.07, 6.45) is 0. The van der Waals surface area contributed by atoms with Crippen molar-refractivity contribution >= 4 is 40.8 Å². The molecule has 0 saturated carbocycles. The Labute approximate surface area is 204 Å². The molecule has 4 rings (SSSR count). The van der Waals surface area contributed by atoms with Crippen LogP contribution in [0.5, 0.6) is 0 Å². The number of Topliss-reactive ketones (excluding diaryl/α,β-unsaturated/α-hetero) is 1.